The fourth-order valence-electron chi connectivity index (χ4n) is 1.51. The Hall–Kier alpha value is -1.69. The summed E-state index contributed by atoms with van der Waals surface area (Å²) in [6.07, 6.45) is -2.71. The zero-order valence-corrected chi connectivity index (χ0v) is 11.1. The molecule has 0 bridgehead atoms. The summed E-state index contributed by atoms with van der Waals surface area (Å²) >= 11 is 3.10. The van der Waals surface area contributed by atoms with Gasteiger partial charge in [-0.1, -0.05) is 0 Å². The topological polar surface area (TPSA) is 35.2 Å². The lowest BCUT2D eigenvalue weighted by molar-refractivity contribution is 0.148. The van der Waals surface area contributed by atoms with Crippen molar-refractivity contribution in [1.82, 2.24) is 0 Å². The molecule has 0 aliphatic rings. The van der Waals surface area contributed by atoms with Gasteiger partial charge in [-0.25, -0.2) is 13.2 Å². The first-order chi connectivity index (χ1) is 8.97. The Morgan fingerprint density at radius 2 is 1.74 bits per heavy atom. The molecule has 0 radical (unpaired) electrons. The van der Waals surface area contributed by atoms with Crippen LogP contribution in [0.4, 0.5) is 18.9 Å². The maximum atomic E-state index is 12.9. The Morgan fingerprint density at radius 3 is 2.37 bits per heavy atom. The van der Waals surface area contributed by atoms with E-state index < -0.39 is 12.2 Å². The first-order valence-electron chi connectivity index (χ1n) is 5.28. The number of nitrogen functional groups attached to an aromatic ring is 1. The van der Waals surface area contributed by atoms with Crippen LogP contribution in [0, 0.1) is 5.82 Å². The van der Waals surface area contributed by atoms with Gasteiger partial charge < -0.3 is 10.5 Å². The van der Waals surface area contributed by atoms with E-state index in [1.54, 1.807) is 0 Å². The van der Waals surface area contributed by atoms with Gasteiger partial charge in [0.1, 0.15) is 17.3 Å². The molecule has 2 rings (SSSR count). The monoisotopic (exact) mass is 331 g/mol. The Morgan fingerprint density at radius 1 is 1.05 bits per heavy atom. The minimum atomic E-state index is -2.71. The van der Waals surface area contributed by atoms with Gasteiger partial charge in [-0.2, -0.15) is 0 Å². The predicted octanol–water partition coefficient (Wildman–Crippen LogP) is 4.90. The van der Waals surface area contributed by atoms with Crippen LogP contribution in [0.2, 0.25) is 0 Å². The summed E-state index contributed by atoms with van der Waals surface area (Å²) in [5, 5.41) is 0. The van der Waals surface area contributed by atoms with E-state index >= 15 is 0 Å². The van der Waals surface area contributed by atoms with Gasteiger partial charge in [-0.15, -0.1) is 0 Å². The van der Waals surface area contributed by atoms with Gasteiger partial charge in [0.2, 0.25) is 0 Å². The molecule has 0 saturated heterocycles. The Bertz CT molecular complexity index is 604. The summed E-state index contributed by atoms with van der Waals surface area (Å²) in [7, 11) is 0. The maximum absolute atomic E-state index is 12.9. The largest absolute Gasteiger partial charge is 0.456 e. The lowest BCUT2D eigenvalue weighted by atomic mass is 10.2. The second kappa shape index (κ2) is 5.52. The minimum absolute atomic E-state index is 0.0171. The van der Waals surface area contributed by atoms with Gasteiger partial charge in [0.05, 0.1) is 10.0 Å². The predicted molar refractivity (Wildman–Crippen MR) is 70.0 cm³/mol. The summed E-state index contributed by atoms with van der Waals surface area (Å²) in [4.78, 5) is 0. The molecule has 0 unspecified atom stereocenters. The molecule has 2 aromatic rings. The molecule has 0 aliphatic carbocycles. The quantitative estimate of drug-likeness (QED) is 0.812. The molecule has 2 aromatic carbocycles. The highest BCUT2D eigenvalue weighted by molar-refractivity contribution is 9.10. The van der Waals surface area contributed by atoms with E-state index in [9.17, 15) is 13.2 Å². The second-order valence-electron chi connectivity index (χ2n) is 3.77. The number of benzene rings is 2. The van der Waals surface area contributed by atoms with Crippen molar-refractivity contribution in [3.8, 4) is 11.5 Å². The van der Waals surface area contributed by atoms with Crippen LogP contribution in [0.3, 0.4) is 0 Å². The van der Waals surface area contributed by atoms with Gasteiger partial charge in [-0.3, -0.25) is 0 Å². The molecule has 0 saturated carbocycles. The first kappa shape index (κ1) is 13.7. The lowest BCUT2D eigenvalue weighted by Crippen LogP contribution is -1.95. The van der Waals surface area contributed by atoms with Gasteiger partial charge >= 0.3 is 0 Å². The fraction of sp³-hybridized carbons (Fsp3) is 0.0769. The molecular weight excluding hydrogens is 323 g/mol. The number of anilines is 1. The Kier molecular flexibility index (Phi) is 3.99. The normalized spacial score (nSPS) is 10.8. The molecule has 0 heterocycles. The van der Waals surface area contributed by atoms with Crippen LogP contribution in [-0.4, -0.2) is 0 Å². The number of hydrogen-bond donors (Lipinski definition) is 1. The molecule has 0 spiro atoms. The van der Waals surface area contributed by atoms with Crippen LogP contribution in [0.1, 0.15) is 12.0 Å². The minimum Gasteiger partial charge on any atom is -0.456 e. The third-order valence-electron chi connectivity index (χ3n) is 2.38. The first-order valence-corrected chi connectivity index (χ1v) is 6.07. The number of hydrogen-bond acceptors (Lipinski definition) is 2. The lowest BCUT2D eigenvalue weighted by Gasteiger charge is -2.12. The molecule has 2 N–H and O–H groups in total. The van der Waals surface area contributed by atoms with E-state index in [1.165, 1.54) is 30.3 Å². The Labute approximate surface area is 116 Å². The molecule has 0 fully saturated rings. The van der Waals surface area contributed by atoms with Crippen LogP contribution in [0.5, 0.6) is 11.5 Å². The van der Waals surface area contributed by atoms with Gasteiger partial charge in [0, 0.05) is 5.69 Å². The molecule has 2 nitrogen and oxygen atoms in total. The van der Waals surface area contributed by atoms with Crippen LogP contribution in [0.15, 0.2) is 40.9 Å². The van der Waals surface area contributed by atoms with Crippen molar-refractivity contribution >= 4 is 21.6 Å². The SMILES string of the molecule is Nc1ccc(Oc2ccc(F)cc2Br)c(C(F)F)c1. The molecule has 19 heavy (non-hydrogen) atoms. The molecule has 100 valence electrons. The van der Waals surface area contributed by atoms with Crippen LogP contribution >= 0.6 is 15.9 Å². The summed E-state index contributed by atoms with van der Waals surface area (Å²) in [5.74, 6) is -0.227. The average Bonchev–Trinajstić information content (AvgIpc) is 2.34. The summed E-state index contributed by atoms with van der Waals surface area (Å²) in [6.45, 7) is 0. The van der Waals surface area contributed by atoms with Crippen molar-refractivity contribution in [3.05, 3.63) is 52.3 Å². The summed E-state index contributed by atoms with van der Waals surface area (Å²) < 4.78 is 44.4. The van der Waals surface area contributed by atoms with Gasteiger partial charge in [-0.05, 0) is 52.3 Å². The third kappa shape index (κ3) is 3.20. The third-order valence-corrected chi connectivity index (χ3v) is 3.00. The average molecular weight is 332 g/mol. The number of halogens is 4. The van der Waals surface area contributed by atoms with Crippen LogP contribution in [-0.2, 0) is 0 Å². The van der Waals surface area contributed by atoms with E-state index in [2.05, 4.69) is 15.9 Å². The van der Waals surface area contributed by atoms with E-state index in [0.717, 1.165) is 6.07 Å². The van der Waals surface area contributed by atoms with Crippen molar-refractivity contribution in [3.63, 3.8) is 0 Å². The van der Waals surface area contributed by atoms with Crippen LogP contribution in [0.25, 0.3) is 0 Å². The summed E-state index contributed by atoms with van der Waals surface area (Å²) in [6, 6.07) is 7.68. The molecule has 6 heteroatoms. The summed E-state index contributed by atoms with van der Waals surface area (Å²) in [5.41, 5.74) is 5.37. The molecule has 0 atom stereocenters. The van der Waals surface area contributed by atoms with Crippen molar-refractivity contribution < 1.29 is 17.9 Å². The highest BCUT2D eigenvalue weighted by Crippen LogP contribution is 2.36. The standard InChI is InChI=1S/C13H9BrF3NO/c14-10-5-7(15)1-3-12(10)19-11-4-2-8(18)6-9(11)13(16)17/h1-6,13H,18H2. The van der Waals surface area contributed by atoms with Crippen molar-refractivity contribution in [1.29, 1.82) is 0 Å². The van der Waals surface area contributed by atoms with E-state index in [0.29, 0.717) is 4.47 Å². The van der Waals surface area contributed by atoms with Gasteiger partial charge in [0.25, 0.3) is 6.43 Å². The molecule has 0 amide bonds. The van der Waals surface area contributed by atoms with Crippen molar-refractivity contribution in [2.45, 2.75) is 6.43 Å². The highest BCUT2D eigenvalue weighted by Gasteiger charge is 2.16. The molecule has 0 aromatic heterocycles. The van der Waals surface area contributed by atoms with Crippen molar-refractivity contribution in [2.24, 2.45) is 0 Å². The van der Waals surface area contributed by atoms with Crippen molar-refractivity contribution in [2.75, 3.05) is 5.73 Å². The maximum Gasteiger partial charge on any atom is 0.267 e. The highest BCUT2D eigenvalue weighted by atomic mass is 79.9. The van der Waals surface area contributed by atoms with E-state index in [-0.39, 0.29) is 22.7 Å². The number of alkyl halides is 2. The van der Waals surface area contributed by atoms with Crippen LogP contribution < -0.4 is 10.5 Å². The number of nitrogens with two attached hydrogens (primary N) is 1. The zero-order chi connectivity index (χ0) is 14.0. The van der Waals surface area contributed by atoms with E-state index in [1.807, 2.05) is 0 Å². The van der Waals surface area contributed by atoms with Gasteiger partial charge in [0.15, 0.2) is 0 Å². The fourth-order valence-corrected chi connectivity index (χ4v) is 1.94. The second-order valence-corrected chi connectivity index (χ2v) is 4.63. The molecule has 0 aliphatic heterocycles. The number of ether oxygens (including phenoxy) is 1. The van der Waals surface area contributed by atoms with E-state index in [4.69, 9.17) is 10.5 Å². The smallest absolute Gasteiger partial charge is 0.267 e. The Balaban J connectivity index is 2.38. The zero-order valence-electron chi connectivity index (χ0n) is 9.54. The number of rotatable bonds is 3. The molecular formula is C13H9BrF3NO.